The summed E-state index contributed by atoms with van der Waals surface area (Å²) in [5, 5.41) is 12.8. The van der Waals surface area contributed by atoms with Crippen LogP contribution < -0.4 is 5.32 Å². The second-order valence-corrected chi connectivity index (χ2v) is 8.15. The molecule has 0 radical (unpaired) electrons. The lowest BCUT2D eigenvalue weighted by Gasteiger charge is -2.31. The van der Waals surface area contributed by atoms with E-state index in [9.17, 15) is 13.5 Å². The van der Waals surface area contributed by atoms with Gasteiger partial charge in [-0.15, -0.1) is 0 Å². The zero-order chi connectivity index (χ0) is 14.1. The van der Waals surface area contributed by atoms with Crippen molar-refractivity contribution in [2.45, 2.75) is 38.6 Å². The lowest BCUT2D eigenvalue weighted by molar-refractivity contribution is 0.148. The van der Waals surface area contributed by atoms with Gasteiger partial charge in [0.2, 0.25) is 0 Å². The number of aliphatic hydroxyl groups excluding tert-OH is 1. The van der Waals surface area contributed by atoms with Crippen LogP contribution in [0.5, 0.6) is 0 Å². The maximum Gasteiger partial charge on any atom is 0.148 e. The van der Waals surface area contributed by atoms with Crippen molar-refractivity contribution in [3.63, 3.8) is 0 Å². The number of rotatable bonds is 11. The molecule has 0 amide bonds. The number of nitrogens with one attached hydrogen (secondary N) is 1. The van der Waals surface area contributed by atoms with Crippen LogP contribution in [0.25, 0.3) is 0 Å². The van der Waals surface area contributed by atoms with Gasteiger partial charge in [0, 0.05) is 17.5 Å². The molecule has 0 saturated carbocycles. The van der Waals surface area contributed by atoms with Gasteiger partial charge in [0.25, 0.3) is 0 Å². The van der Waals surface area contributed by atoms with E-state index in [0.29, 0.717) is 5.75 Å². The molecule has 18 heavy (non-hydrogen) atoms. The number of sulfone groups is 1. The van der Waals surface area contributed by atoms with Crippen LogP contribution >= 0.6 is 11.8 Å². The second-order valence-electron chi connectivity index (χ2n) is 4.67. The molecule has 6 heteroatoms. The normalized spacial score (nSPS) is 15.6. The van der Waals surface area contributed by atoms with Crippen LogP contribution in [0.3, 0.4) is 0 Å². The van der Waals surface area contributed by atoms with E-state index in [1.54, 1.807) is 11.8 Å². The molecule has 0 saturated heterocycles. The molecule has 0 aliphatic heterocycles. The minimum Gasteiger partial charge on any atom is -0.394 e. The highest BCUT2D eigenvalue weighted by atomic mass is 32.2. The molecule has 0 aliphatic rings. The summed E-state index contributed by atoms with van der Waals surface area (Å²) >= 11 is 1.67. The fourth-order valence-electron chi connectivity index (χ4n) is 1.84. The van der Waals surface area contributed by atoms with Crippen molar-refractivity contribution in [1.82, 2.24) is 5.32 Å². The fraction of sp³-hybridized carbons (Fsp3) is 1.00. The second kappa shape index (κ2) is 9.18. The van der Waals surface area contributed by atoms with E-state index in [-0.39, 0.29) is 17.9 Å². The van der Waals surface area contributed by atoms with E-state index in [1.807, 2.05) is 6.92 Å². The smallest absolute Gasteiger partial charge is 0.148 e. The van der Waals surface area contributed by atoms with E-state index in [2.05, 4.69) is 12.2 Å². The Kier molecular flexibility index (Phi) is 9.29. The quantitative estimate of drug-likeness (QED) is 0.563. The fourth-order valence-corrected chi connectivity index (χ4v) is 4.07. The topological polar surface area (TPSA) is 66.4 Å². The molecule has 1 atom stereocenters. The van der Waals surface area contributed by atoms with Crippen molar-refractivity contribution in [2.75, 3.05) is 36.7 Å². The van der Waals surface area contributed by atoms with Crippen molar-refractivity contribution in [2.24, 2.45) is 0 Å². The summed E-state index contributed by atoms with van der Waals surface area (Å²) in [5.41, 5.74) is -0.161. The average molecular weight is 297 g/mol. The van der Waals surface area contributed by atoms with Gasteiger partial charge < -0.3 is 10.4 Å². The number of hydrogen-bond acceptors (Lipinski definition) is 5. The van der Waals surface area contributed by atoms with Crippen LogP contribution in [0, 0.1) is 0 Å². The highest BCUT2D eigenvalue weighted by molar-refractivity contribution is 8.00. The van der Waals surface area contributed by atoms with Crippen LogP contribution in [0.4, 0.5) is 0 Å². The number of hydrogen-bond donors (Lipinski definition) is 2. The maximum absolute atomic E-state index is 10.9. The third-order valence-electron chi connectivity index (χ3n) is 3.07. The lowest BCUT2D eigenvalue weighted by atomic mass is 9.91. The summed E-state index contributed by atoms with van der Waals surface area (Å²) in [4.78, 5) is 0. The molecule has 110 valence electrons. The first-order valence-electron chi connectivity index (χ1n) is 6.50. The summed E-state index contributed by atoms with van der Waals surface area (Å²) in [6.07, 6.45) is 4.10. The third kappa shape index (κ3) is 8.34. The summed E-state index contributed by atoms with van der Waals surface area (Å²) in [6.45, 7) is 5.14. The van der Waals surface area contributed by atoms with Gasteiger partial charge >= 0.3 is 0 Å². The van der Waals surface area contributed by atoms with E-state index in [1.165, 1.54) is 6.26 Å². The van der Waals surface area contributed by atoms with Gasteiger partial charge in [0.15, 0.2) is 0 Å². The SMILES string of the molecule is CCNC(CC)(CO)CCCSCCS(C)(=O)=O. The first-order valence-corrected chi connectivity index (χ1v) is 9.72. The Morgan fingerprint density at radius 2 is 1.94 bits per heavy atom. The van der Waals surface area contributed by atoms with Crippen molar-refractivity contribution in [3.8, 4) is 0 Å². The third-order valence-corrected chi connectivity index (χ3v) is 5.35. The largest absolute Gasteiger partial charge is 0.394 e. The van der Waals surface area contributed by atoms with Gasteiger partial charge in [0.1, 0.15) is 9.84 Å². The highest BCUT2D eigenvalue weighted by Gasteiger charge is 2.25. The lowest BCUT2D eigenvalue weighted by Crippen LogP contribution is -2.48. The maximum atomic E-state index is 10.9. The van der Waals surface area contributed by atoms with Gasteiger partial charge in [-0.3, -0.25) is 0 Å². The van der Waals surface area contributed by atoms with Crippen molar-refractivity contribution >= 4 is 21.6 Å². The minimum absolute atomic E-state index is 0.158. The van der Waals surface area contributed by atoms with Gasteiger partial charge in [-0.2, -0.15) is 11.8 Å². The molecule has 0 heterocycles. The molecule has 0 rings (SSSR count). The number of likely N-dealkylation sites (N-methyl/N-ethyl adjacent to an activating group) is 1. The predicted octanol–water partition coefficient (Wildman–Crippen LogP) is 1.30. The first-order chi connectivity index (χ1) is 8.39. The monoisotopic (exact) mass is 297 g/mol. The van der Waals surface area contributed by atoms with Crippen LogP contribution in [0.1, 0.15) is 33.1 Å². The molecule has 2 N–H and O–H groups in total. The summed E-state index contributed by atoms with van der Waals surface area (Å²) in [5.74, 6) is 1.87. The summed E-state index contributed by atoms with van der Waals surface area (Å²) in [6, 6.07) is 0. The molecule has 4 nitrogen and oxygen atoms in total. The first kappa shape index (κ1) is 18.2. The van der Waals surface area contributed by atoms with Gasteiger partial charge in [0.05, 0.1) is 12.4 Å². The van der Waals surface area contributed by atoms with Crippen LogP contribution in [0.15, 0.2) is 0 Å². The molecule has 0 fully saturated rings. The van der Waals surface area contributed by atoms with Crippen LogP contribution in [0.2, 0.25) is 0 Å². The summed E-state index contributed by atoms with van der Waals surface area (Å²) < 4.78 is 21.9. The van der Waals surface area contributed by atoms with Crippen LogP contribution in [-0.4, -0.2) is 55.7 Å². The zero-order valence-electron chi connectivity index (χ0n) is 11.7. The Morgan fingerprint density at radius 3 is 2.39 bits per heavy atom. The van der Waals surface area contributed by atoms with Gasteiger partial charge in [-0.25, -0.2) is 8.42 Å². The van der Waals surface area contributed by atoms with Crippen molar-refractivity contribution in [1.29, 1.82) is 0 Å². The molecule has 0 aromatic heterocycles. The molecule has 0 bridgehead atoms. The van der Waals surface area contributed by atoms with Gasteiger partial charge in [-0.1, -0.05) is 13.8 Å². The zero-order valence-corrected chi connectivity index (χ0v) is 13.4. The molecule has 0 aromatic rings. The number of aliphatic hydroxyl groups is 1. The molecule has 0 aromatic carbocycles. The van der Waals surface area contributed by atoms with E-state index in [4.69, 9.17) is 0 Å². The van der Waals surface area contributed by atoms with E-state index >= 15 is 0 Å². The standard InChI is InChI=1S/C12H27NO3S2/c1-4-12(11-14,13-5-2)7-6-8-17-9-10-18(3,15)16/h13-14H,4-11H2,1-3H3. The molecular weight excluding hydrogens is 270 g/mol. The average Bonchev–Trinajstić information content (AvgIpc) is 2.31. The highest BCUT2D eigenvalue weighted by Crippen LogP contribution is 2.18. The Morgan fingerprint density at radius 1 is 1.28 bits per heavy atom. The minimum atomic E-state index is -2.83. The number of thioether (sulfide) groups is 1. The molecular formula is C12H27NO3S2. The predicted molar refractivity (Wildman–Crippen MR) is 80.1 cm³/mol. The van der Waals surface area contributed by atoms with Crippen molar-refractivity contribution in [3.05, 3.63) is 0 Å². The van der Waals surface area contributed by atoms with E-state index < -0.39 is 9.84 Å². The van der Waals surface area contributed by atoms with Crippen LogP contribution in [-0.2, 0) is 9.84 Å². The van der Waals surface area contributed by atoms with E-state index in [0.717, 1.165) is 31.6 Å². The summed E-state index contributed by atoms with van der Waals surface area (Å²) in [7, 11) is -2.83. The Balaban J connectivity index is 3.80. The Hall–Kier alpha value is 0.220. The van der Waals surface area contributed by atoms with Crippen molar-refractivity contribution < 1.29 is 13.5 Å². The van der Waals surface area contributed by atoms with Gasteiger partial charge in [-0.05, 0) is 31.6 Å². The Bertz CT molecular complexity index is 300. The molecule has 1 unspecified atom stereocenters. The molecule has 0 aliphatic carbocycles. The Labute approximate surface area is 116 Å². The molecule has 0 spiro atoms.